The zero-order valence-electron chi connectivity index (χ0n) is 15.6. The normalized spacial score (nSPS) is 16.5. The number of nitro groups is 1. The molecule has 0 spiro atoms. The molecule has 0 bridgehead atoms. The molecule has 10 heteroatoms. The molecule has 1 aliphatic rings. The third kappa shape index (κ3) is 5.10. The second-order valence-electron chi connectivity index (χ2n) is 6.45. The summed E-state index contributed by atoms with van der Waals surface area (Å²) in [5.41, 5.74) is -0.568. The molecule has 0 aliphatic carbocycles. The Balaban J connectivity index is 2.31. The van der Waals surface area contributed by atoms with Crippen LogP contribution in [0, 0.1) is 10.1 Å². The Morgan fingerprint density at radius 2 is 2.07 bits per heavy atom. The average molecular weight is 396 g/mol. The van der Waals surface area contributed by atoms with E-state index in [9.17, 15) is 24.8 Å². The summed E-state index contributed by atoms with van der Waals surface area (Å²) in [6.45, 7) is 0.240. The molecule has 1 amide bonds. The second kappa shape index (κ2) is 9.88. The number of hydrogen-bond acceptors (Lipinski definition) is 7. The van der Waals surface area contributed by atoms with Gasteiger partial charge in [0.2, 0.25) is 0 Å². The summed E-state index contributed by atoms with van der Waals surface area (Å²) >= 11 is 0. The van der Waals surface area contributed by atoms with Gasteiger partial charge in [-0.3, -0.25) is 19.7 Å². The summed E-state index contributed by atoms with van der Waals surface area (Å²) in [7, 11) is 1.34. The van der Waals surface area contributed by atoms with Gasteiger partial charge in [-0.15, -0.1) is 0 Å². The number of aliphatic carboxylic acids is 1. The van der Waals surface area contributed by atoms with Crippen molar-refractivity contribution in [2.45, 2.75) is 38.1 Å². The van der Waals surface area contributed by atoms with Crippen LogP contribution in [0.3, 0.4) is 0 Å². The van der Waals surface area contributed by atoms with Crippen LogP contribution in [0.25, 0.3) is 0 Å². The van der Waals surface area contributed by atoms with E-state index in [1.165, 1.54) is 18.1 Å². The maximum Gasteiger partial charge on any atom is 0.303 e. The smallest absolute Gasteiger partial charge is 0.303 e. The van der Waals surface area contributed by atoms with Crippen LogP contribution in [-0.4, -0.2) is 64.8 Å². The molecule has 0 radical (unpaired) electrons. The predicted octanol–water partition coefficient (Wildman–Crippen LogP) is 1.83. The Hall–Kier alpha value is -2.88. The molecule has 1 aromatic rings. The van der Waals surface area contributed by atoms with Gasteiger partial charge >= 0.3 is 5.97 Å². The lowest BCUT2D eigenvalue weighted by atomic mass is 10.0. The van der Waals surface area contributed by atoms with E-state index < -0.39 is 22.5 Å². The largest absolute Gasteiger partial charge is 0.493 e. The van der Waals surface area contributed by atoms with E-state index in [1.54, 1.807) is 0 Å². The Bertz CT molecular complexity index is 737. The Morgan fingerprint density at radius 3 is 2.68 bits per heavy atom. The molecule has 1 heterocycles. The number of aliphatic hydroxyl groups excluding tert-OH is 1. The zero-order valence-corrected chi connectivity index (χ0v) is 15.6. The Kier molecular flexibility index (Phi) is 7.56. The van der Waals surface area contributed by atoms with Crippen molar-refractivity contribution in [1.82, 2.24) is 4.90 Å². The number of carboxylic acids is 1. The lowest BCUT2D eigenvalue weighted by Gasteiger charge is -2.34. The zero-order chi connectivity index (χ0) is 20.7. The minimum Gasteiger partial charge on any atom is -0.493 e. The number of hydrogen-bond donors (Lipinski definition) is 2. The summed E-state index contributed by atoms with van der Waals surface area (Å²) in [5, 5.41) is 29.7. The van der Waals surface area contributed by atoms with E-state index in [0.29, 0.717) is 13.0 Å². The van der Waals surface area contributed by atoms with Gasteiger partial charge in [0.25, 0.3) is 11.6 Å². The van der Waals surface area contributed by atoms with Crippen molar-refractivity contribution in [2.24, 2.45) is 0 Å². The number of methoxy groups -OCH3 is 1. The molecule has 2 N–H and O–H groups in total. The minimum absolute atomic E-state index is 0.0336. The molecule has 0 saturated carbocycles. The SMILES string of the molecule is COc1cc(C(=O)N2CCCCC2CO)c([N+](=O)[O-])cc1OCCCC(=O)O. The molecule has 2 rings (SSSR count). The van der Waals surface area contributed by atoms with Gasteiger partial charge in [0.1, 0.15) is 5.56 Å². The molecule has 1 aliphatic heterocycles. The fourth-order valence-corrected chi connectivity index (χ4v) is 3.16. The van der Waals surface area contributed by atoms with Crippen LogP contribution in [0.15, 0.2) is 12.1 Å². The number of rotatable bonds is 9. The minimum atomic E-state index is -0.970. The van der Waals surface area contributed by atoms with Crippen LogP contribution in [0.2, 0.25) is 0 Å². The first-order chi connectivity index (χ1) is 13.4. The van der Waals surface area contributed by atoms with E-state index in [-0.39, 0.29) is 49.2 Å². The number of amides is 1. The molecule has 1 unspecified atom stereocenters. The molecular formula is C18H24N2O8. The number of piperidine rings is 1. The fraction of sp³-hybridized carbons (Fsp3) is 0.556. The van der Waals surface area contributed by atoms with Crippen molar-refractivity contribution in [1.29, 1.82) is 0 Å². The highest BCUT2D eigenvalue weighted by Crippen LogP contribution is 2.36. The van der Waals surface area contributed by atoms with E-state index in [0.717, 1.165) is 18.9 Å². The first kappa shape index (κ1) is 21.4. The van der Waals surface area contributed by atoms with Crippen molar-refractivity contribution < 1.29 is 34.2 Å². The van der Waals surface area contributed by atoms with E-state index in [4.69, 9.17) is 14.6 Å². The van der Waals surface area contributed by atoms with Gasteiger partial charge in [0.15, 0.2) is 11.5 Å². The predicted molar refractivity (Wildman–Crippen MR) is 97.8 cm³/mol. The van der Waals surface area contributed by atoms with Crippen LogP contribution >= 0.6 is 0 Å². The molecule has 10 nitrogen and oxygen atoms in total. The van der Waals surface area contributed by atoms with Crippen molar-refractivity contribution in [3.8, 4) is 11.5 Å². The number of likely N-dealkylation sites (tertiary alicyclic amines) is 1. The highest BCUT2D eigenvalue weighted by molar-refractivity contribution is 5.99. The molecule has 0 aromatic heterocycles. The van der Waals surface area contributed by atoms with Crippen molar-refractivity contribution >= 4 is 17.6 Å². The summed E-state index contributed by atoms with van der Waals surface area (Å²) in [6.07, 6.45) is 2.40. The number of carboxylic acid groups (broad SMARTS) is 1. The third-order valence-electron chi connectivity index (χ3n) is 4.60. The monoisotopic (exact) mass is 396 g/mol. The molecular weight excluding hydrogens is 372 g/mol. The number of benzene rings is 1. The van der Waals surface area contributed by atoms with Gasteiger partial charge < -0.3 is 24.6 Å². The van der Waals surface area contributed by atoms with Gasteiger partial charge in [0, 0.05) is 19.0 Å². The molecule has 154 valence electrons. The average Bonchev–Trinajstić information content (AvgIpc) is 2.69. The second-order valence-corrected chi connectivity index (χ2v) is 6.45. The summed E-state index contributed by atoms with van der Waals surface area (Å²) in [5.74, 6) is -1.31. The van der Waals surface area contributed by atoms with E-state index in [1.807, 2.05) is 0 Å². The summed E-state index contributed by atoms with van der Waals surface area (Å²) < 4.78 is 10.6. The van der Waals surface area contributed by atoms with E-state index in [2.05, 4.69) is 0 Å². The maximum absolute atomic E-state index is 13.0. The van der Waals surface area contributed by atoms with Crippen molar-refractivity contribution in [3.63, 3.8) is 0 Å². The molecule has 28 heavy (non-hydrogen) atoms. The van der Waals surface area contributed by atoms with E-state index >= 15 is 0 Å². The number of carbonyl (C=O) groups is 2. The van der Waals surface area contributed by atoms with Crippen molar-refractivity contribution in [2.75, 3.05) is 26.9 Å². The van der Waals surface area contributed by atoms with Crippen LogP contribution < -0.4 is 9.47 Å². The highest BCUT2D eigenvalue weighted by Gasteiger charge is 2.32. The number of aliphatic hydroxyl groups is 1. The van der Waals surface area contributed by atoms with Crippen molar-refractivity contribution in [3.05, 3.63) is 27.8 Å². The molecule has 1 saturated heterocycles. The summed E-state index contributed by atoms with van der Waals surface area (Å²) in [6, 6.07) is 2.00. The number of ether oxygens (including phenoxy) is 2. The number of carbonyl (C=O) groups excluding carboxylic acids is 1. The third-order valence-corrected chi connectivity index (χ3v) is 4.60. The Labute approximate surface area is 161 Å². The molecule has 1 aromatic carbocycles. The van der Waals surface area contributed by atoms with Crippen LogP contribution in [0.5, 0.6) is 11.5 Å². The number of nitrogens with zero attached hydrogens (tertiary/aromatic N) is 2. The van der Waals surface area contributed by atoms with Gasteiger partial charge in [0.05, 0.1) is 37.4 Å². The lowest BCUT2D eigenvalue weighted by Crippen LogP contribution is -2.45. The van der Waals surface area contributed by atoms with Gasteiger partial charge in [-0.2, -0.15) is 0 Å². The quantitative estimate of drug-likeness (QED) is 0.366. The van der Waals surface area contributed by atoms with Gasteiger partial charge in [-0.1, -0.05) is 0 Å². The van der Waals surface area contributed by atoms with Crippen LogP contribution in [-0.2, 0) is 4.79 Å². The maximum atomic E-state index is 13.0. The topological polar surface area (TPSA) is 139 Å². The highest BCUT2D eigenvalue weighted by atomic mass is 16.6. The fourth-order valence-electron chi connectivity index (χ4n) is 3.16. The number of nitro benzene ring substituents is 1. The Morgan fingerprint density at radius 1 is 1.32 bits per heavy atom. The van der Waals surface area contributed by atoms with Crippen LogP contribution in [0.4, 0.5) is 5.69 Å². The van der Waals surface area contributed by atoms with Gasteiger partial charge in [-0.05, 0) is 25.7 Å². The lowest BCUT2D eigenvalue weighted by molar-refractivity contribution is -0.385. The first-order valence-electron chi connectivity index (χ1n) is 9.01. The van der Waals surface area contributed by atoms with Gasteiger partial charge in [-0.25, -0.2) is 0 Å². The summed E-state index contributed by atoms with van der Waals surface area (Å²) in [4.78, 5) is 35.9. The molecule has 1 atom stereocenters. The van der Waals surface area contributed by atoms with Crippen LogP contribution in [0.1, 0.15) is 42.5 Å². The molecule has 1 fully saturated rings. The standard InChI is InChI=1S/C18H24N2O8/c1-27-15-9-13(18(24)19-7-3-2-5-12(19)11-21)14(20(25)26)10-16(15)28-8-4-6-17(22)23/h9-10,12,21H,2-8,11H2,1H3,(H,22,23). The first-order valence-corrected chi connectivity index (χ1v) is 9.01.